The first-order chi connectivity index (χ1) is 14.7. The van der Waals surface area contributed by atoms with E-state index in [2.05, 4.69) is 15.6 Å². The zero-order chi connectivity index (χ0) is 23.0. The number of halogens is 4. The molecule has 0 aliphatic carbocycles. The van der Waals surface area contributed by atoms with Gasteiger partial charge in [0, 0.05) is 24.5 Å². The Hall–Kier alpha value is -3.54. The summed E-state index contributed by atoms with van der Waals surface area (Å²) in [5.41, 5.74) is -1.21. The van der Waals surface area contributed by atoms with E-state index in [9.17, 15) is 27.2 Å². The number of carbonyl (C=O) groups is 3. The molecule has 166 valence electrons. The van der Waals surface area contributed by atoms with Crippen LogP contribution in [0.2, 0.25) is 0 Å². The van der Waals surface area contributed by atoms with E-state index in [0.717, 1.165) is 12.1 Å². The molecule has 12 heteroatoms. The number of alkyl halides is 3. The fourth-order valence-corrected chi connectivity index (χ4v) is 2.82. The summed E-state index contributed by atoms with van der Waals surface area (Å²) in [6, 6.07) is 5.25. The van der Waals surface area contributed by atoms with Gasteiger partial charge in [-0.1, -0.05) is 18.2 Å². The highest BCUT2D eigenvalue weighted by Crippen LogP contribution is 2.32. The fraction of sp³-hybridized carbons (Fsp3) is 0.263. The molecule has 1 aliphatic rings. The van der Waals surface area contributed by atoms with Crippen molar-refractivity contribution in [3.05, 3.63) is 65.2 Å². The zero-order valence-electron chi connectivity index (χ0n) is 15.7. The molecule has 1 aromatic heterocycles. The van der Waals surface area contributed by atoms with Gasteiger partial charge in [0.15, 0.2) is 6.10 Å². The van der Waals surface area contributed by atoms with Gasteiger partial charge in [-0.2, -0.15) is 13.2 Å². The van der Waals surface area contributed by atoms with Crippen molar-refractivity contribution in [1.29, 1.82) is 0 Å². The molecule has 1 saturated heterocycles. The van der Waals surface area contributed by atoms with E-state index < -0.39 is 48.1 Å². The molecule has 2 atom stereocenters. The molecule has 3 rings (SSSR count). The van der Waals surface area contributed by atoms with Crippen molar-refractivity contribution in [3.8, 4) is 0 Å². The monoisotopic (exact) mass is 443 g/mol. The highest BCUT2D eigenvalue weighted by molar-refractivity contribution is 5.86. The first-order valence-corrected chi connectivity index (χ1v) is 8.70. The van der Waals surface area contributed by atoms with Crippen LogP contribution in [0, 0.1) is 5.82 Å². The maximum absolute atomic E-state index is 14.1. The van der Waals surface area contributed by atoms with Crippen molar-refractivity contribution in [1.82, 2.24) is 15.6 Å². The molecule has 2 amide bonds. The quantitative estimate of drug-likeness (QED) is 0.490. The van der Waals surface area contributed by atoms with Crippen molar-refractivity contribution in [2.24, 2.45) is 0 Å². The number of amides is 2. The number of hydrogen-bond donors (Lipinski definition) is 3. The number of hydrogen-bond acceptors (Lipinski definition) is 5. The minimum atomic E-state index is -4.84. The van der Waals surface area contributed by atoms with E-state index in [1.165, 1.54) is 12.4 Å². The Bertz CT molecular complexity index is 925. The van der Waals surface area contributed by atoms with Crippen LogP contribution < -0.4 is 10.6 Å². The zero-order valence-corrected chi connectivity index (χ0v) is 15.7. The van der Waals surface area contributed by atoms with Crippen LogP contribution in [-0.4, -0.2) is 41.1 Å². The van der Waals surface area contributed by atoms with Gasteiger partial charge in [-0.05, 0) is 17.7 Å². The summed E-state index contributed by atoms with van der Waals surface area (Å²) in [5, 5.41) is 11.9. The van der Waals surface area contributed by atoms with Gasteiger partial charge >= 0.3 is 6.18 Å². The van der Waals surface area contributed by atoms with Crippen molar-refractivity contribution in [2.75, 3.05) is 6.61 Å². The Kier molecular flexibility index (Phi) is 8.02. The lowest BCUT2D eigenvalue weighted by Crippen LogP contribution is -2.52. The second-order valence-electron chi connectivity index (χ2n) is 6.16. The maximum atomic E-state index is 14.1. The summed E-state index contributed by atoms with van der Waals surface area (Å²) < 4.78 is 57.8. The lowest BCUT2D eigenvalue weighted by Gasteiger charge is -2.31. The smallest absolute Gasteiger partial charge is 0.419 e. The molecule has 0 unspecified atom stereocenters. The molecule has 0 spiro atoms. The van der Waals surface area contributed by atoms with Crippen molar-refractivity contribution < 1.29 is 41.8 Å². The molecular weight excluding hydrogens is 426 g/mol. The Morgan fingerprint density at radius 2 is 2.03 bits per heavy atom. The molecule has 2 aromatic rings. The predicted octanol–water partition coefficient (Wildman–Crippen LogP) is 1.81. The number of nitrogens with one attached hydrogen (secondary N) is 2. The summed E-state index contributed by atoms with van der Waals surface area (Å²) in [7, 11) is 0. The van der Waals surface area contributed by atoms with Crippen LogP contribution in [0.15, 0.2) is 42.7 Å². The normalized spacial score (nSPS) is 18.3. The van der Waals surface area contributed by atoms with Gasteiger partial charge in [0.25, 0.3) is 12.4 Å². The van der Waals surface area contributed by atoms with E-state index in [0.29, 0.717) is 11.6 Å². The Balaban J connectivity index is 0.00000107. The number of morpholine rings is 1. The lowest BCUT2D eigenvalue weighted by molar-refractivity contribution is -0.148. The van der Waals surface area contributed by atoms with Crippen molar-refractivity contribution in [3.63, 3.8) is 0 Å². The minimum absolute atomic E-state index is 0.250. The molecule has 3 N–H and O–H groups in total. The van der Waals surface area contributed by atoms with Crippen LogP contribution >= 0.6 is 0 Å². The summed E-state index contributed by atoms with van der Waals surface area (Å²) in [5.74, 6) is -2.58. The predicted molar refractivity (Wildman–Crippen MR) is 96.8 cm³/mol. The molecule has 0 radical (unpaired) electrons. The standard InChI is InChI=1S/C18H15F4N3O3.CH2O2/c19-14-10(3-1-5-12(14)18(20,21)22)8-24-17(27)16-15(25-13(26)9-28-16)11-4-2-6-23-7-11;2-1-3/h1-7,15-16H,8-9H2,(H,24,27)(H,25,26);1H,(H,2,3)/t15-,16+;/m1./s1. The lowest BCUT2D eigenvalue weighted by atomic mass is 10.0. The summed E-state index contributed by atoms with van der Waals surface area (Å²) in [4.78, 5) is 36.4. The van der Waals surface area contributed by atoms with Crippen molar-refractivity contribution >= 4 is 18.3 Å². The summed E-state index contributed by atoms with van der Waals surface area (Å²) in [6.45, 7) is -1.07. The van der Waals surface area contributed by atoms with E-state index in [4.69, 9.17) is 14.6 Å². The molecule has 0 bridgehead atoms. The first-order valence-electron chi connectivity index (χ1n) is 8.70. The third kappa shape index (κ3) is 6.22. The number of rotatable bonds is 4. The molecule has 1 aliphatic heterocycles. The Morgan fingerprint density at radius 3 is 2.65 bits per heavy atom. The van der Waals surface area contributed by atoms with E-state index in [-0.39, 0.29) is 18.6 Å². The van der Waals surface area contributed by atoms with Gasteiger partial charge in [-0.3, -0.25) is 19.4 Å². The topological polar surface area (TPSA) is 118 Å². The van der Waals surface area contributed by atoms with Gasteiger partial charge in [-0.25, -0.2) is 4.39 Å². The van der Waals surface area contributed by atoms with E-state index in [1.807, 2.05) is 0 Å². The number of pyridine rings is 1. The van der Waals surface area contributed by atoms with Gasteiger partial charge < -0.3 is 20.5 Å². The number of ether oxygens (including phenoxy) is 1. The van der Waals surface area contributed by atoms with Gasteiger partial charge in [0.1, 0.15) is 12.4 Å². The number of nitrogens with zero attached hydrogens (tertiary/aromatic N) is 1. The molecule has 31 heavy (non-hydrogen) atoms. The summed E-state index contributed by atoms with van der Waals surface area (Å²) in [6.07, 6.45) is -3.02. The highest BCUT2D eigenvalue weighted by Gasteiger charge is 2.37. The van der Waals surface area contributed by atoms with Gasteiger partial charge in [0.2, 0.25) is 5.91 Å². The van der Waals surface area contributed by atoms with Gasteiger partial charge in [0.05, 0.1) is 11.6 Å². The highest BCUT2D eigenvalue weighted by atomic mass is 19.4. The van der Waals surface area contributed by atoms with Crippen LogP contribution in [0.4, 0.5) is 17.6 Å². The number of aromatic nitrogens is 1. The van der Waals surface area contributed by atoms with Gasteiger partial charge in [-0.15, -0.1) is 0 Å². The second-order valence-corrected chi connectivity index (χ2v) is 6.16. The summed E-state index contributed by atoms with van der Waals surface area (Å²) >= 11 is 0. The molecule has 1 fully saturated rings. The number of carbonyl (C=O) groups excluding carboxylic acids is 2. The molecular formula is C19H17F4N3O5. The number of benzene rings is 1. The van der Waals surface area contributed by atoms with Crippen LogP contribution in [0.3, 0.4) is 0 Å². The SMILES string of the molecule is O=C1CO[C@H](C(=O)NCc2cccc(C(F)(F)F)c2F)[C@@H](c2cccnc2)N1.O=CO. The average Bonchev–Trinajstić information content (AvgIpc) is 2.73. The Labute approximate surface area is 173 Å². The Morgan fingerprint density at radius 1 is 1.32 bits per heavy atom. The van der Waals surface area contributed by atoms with Crippen LogP contribution in [0.1, 0.15) is 22.7 Å². The van der Waals surface area contributed by atoms with E-state index in [1.54, 1.807) is 12.1 Å². The molecule has 8 nitrogen and oxygen atoms in total. The molecule has 2 heterocycles. The van der Waals surface area contributed by atoms with Crippen LogP contribution in [0.25, 0.3) is 0 Å². The maximum Gasteiger partial charge on any atom is 0.419 e. The first kappa shape index (κ1) is 23.7. The molecule has 0 saturated carbocycles. The van der Waals surface area contributed by atoms with Crippen LogP contribution in [0.5, 0.6) is 0 Å². The third-order valence-electron chi connectivity index (χ3n) is 4.15. The second kappa shape index (κ2) is 10.5. The fourth-order valence-electron chi connectivity index (χ4n) is 2.82. The number of carboxylic acid groups (broad SMARTS) is 1. The largest absolute Gasteiger partial charge is 0.483 e. The van der Waals surface area contributed by atoms with Crippen LogP contribution in [-0.2, 0) is 31.8 Å². The van der Waals surface area contributed by atoms with E-state index >= 15 is 0 Å². The van der Waals surface area contributed by atoms with Crippen molar-refractivity contribution in [2.45, 2.75) is 24.9 Å². The third-order valence-corrected chi connectivity index (χ3v) is 4.15. The minimum Gasteiger partial charge on any atom is -0.483 e. The molecule has 1 aromatic carbocycles. The average molecular weight is 443 g/mol.